The summed E-state index contributed by atoms with van der Waals surface area (Å²) in [7, 11) is 0. The minimum absolute atomic E-state index is 0.0396. The number of aliphatic hydroxyl groups is 2. The average Bonchev–Trinajstić information content (AvgIpc) is 3.09. The van der Waals surface area contributed by atoms with Crippen molar-refractivity contribution in [2.75, 3.05) is 6.61 Å². The number of rotatable bonds is 8. The van der Waals surface area contributed by atoms with Gasteiger partial charge in [-0.05, 0) is 97.7 Å². The molecule has 8 atom stereocenters. The molecule has 4 aliphatic rings. The summed E-state index contributed by atoms with van der Waals surface area (Å²) >= 11 is 0. The molecule has 3 heteroatoms. The molecular formula is C29H50O3. The van der Waals surface area contributed by atoms with Crippen LogP contribution in [-0.4, -0.2) is 29.2 Å². The lowest BCUT2D eigenvalue weighted by molar-refractivity contribution is -0.122. The smallest absolute Gasteiger partial charge is 0.175 e. The summed E-state index contributed by atoms with van der Waals surface area (Å²) in [4.78, 5) is 0. The van der Waals surface area contributed by atoms with Crippen LogP contribution in [0.25, 0.3) is 0 Å². The van der Waals surface area contributed by atoms with E-state index >= 15 is 0 Å². The van der Waals surface area contributed by atoms with Crippen molar-refractivity contribution in [2.45, 2.75) is 118 Å². The molecule has 0 aromatic heterocycles. The van der Waals surface area contributed by atoms with Gasteiger partial charge in [-0.2, -0.15) is 0 Å². The Hall–Kier alpha value is -0.380. The Morgan fingerprint density at radius 3 is 2.50 bits per heavy atom. The normalized spacial score (nSPS) is 42.4. The molecule has 4 unspecified atom stereocenters. The lowest BCUT2D eigenvalue weighted by Crippen LogP contribution is -2.51. The van der Waals surface area contributed by atoms with Crippen molar-refractivity contribution in [1.82, 2.24) is 0 Å². The third-order valence-electron chi connectivity index (χ3n) is 10.7. The van der Waals surface area contributed by atoms with E-state index in [-0.39, 0.29) is 12.7 Å². The lowest BCUT2D eigenvalue weighted by Gasteiger charge is -2.58. The topological polar surface area (TPSA) is 49.7 Å². The maximum atomic E-state index is 9.18. The monoisotopic (exact) mass is 446 g/mol. The van der Waals surface area contributed by atoms with Crippen LogP contribution >= 0.6 is 0 Å². The van der Waals surface area contributed by atoms with E-state index in [1.54, 1.807) is 5.57 Å². The highest BCUT2D eigenvalue weighted by Crippen LogP contribution is 2.67. The molecule has 0 saturated heterocycles. The molecular weight excluding hydrogens is 396 g/mol. The zero-order valence-electron chi connectivity index (χ0n) is 21.5. The van der Waals surface area contributed by atoms with Crippen LogP contribution < -0.4 is 0 Å². The maximum Gasteiger partial charge on any atom is 0.175 e. The van der Waals surface area contributed by atoms with Gasteiger partial charge in [0.05, 0.1) is 12.7 Å². The average molecular weight is 447 g/mol. The predicted molar refractivity (Wildman–Crippen MR) is 131 cm³/mol. The van der Waals surface area contributed by atoms with E-state index < -0.39 is 6.29 Å². The first-order valence-electron chi connectivity index (χ1n) is 13.8. The van der Waals surface area contributed by atoms with E-state index in [9.17, 15) is 10.2 Å². The first-order chi connectivity index (χ1) is 15.1. The van der Waals surface area contributed by atoms with Gasteiger partial charge in [-0.3, -0.25) is 0 Å². The first-order valence-corrected chi connectivity index (χ1v) is 13.8. The Kier molecular flexibility index (Phi) is 7.50. The Balaban J connectivity index is 1.44. The van der Waals surface area contributed by atoms with Gasteiger partial charge in [0, 0.05) is 0 Å². The summed E-state index contributed by atoms with van der Waals surface area (Å²) in [6.45, 7) is 12.6. The van der Waals surface area contributed by atoms with E-state index in [1.165, 1.54) is 57.8 Å². The Morgan fingerprint density at radius 1 is 1.00 bits per heavy atom. The van der Waals surface area contributed by atoms with E-state index in [0.717, 1.165) is 48.3 Å². The molecule has 0 heterocycles. The summed E-state index contributed by atoms with van der Waals surface area (Å²) in [5, 5.41) is 18.4. The summed E-state index contributed by atoms with van der Waals surface area (Å²) in [6, 6.07) is 0. The minimum Gasteiger partial charge on any atom is -0.373 e. The Labute approximate surface area is 197 Å². The van der Waals surface area contributed by atoms with Gasteiger partial charge in [-0.1, -0.05) is 65.5 Å². The van der Waals surface area contributed by atoms with Crippen LogP contribution in [0, 0.1) is 46.3 Å². The molecule has 0 spiro atoms. The van der Waals surface area contributed by atoms with Gasteiger partial charge >= 0.3 is 0 Å². The molecule has 184 valence electrons. The summed E-state index contributed by atoms with van der Waals surface area (Å²) in [6.07, 6.45) is 15.9. The molecule has 0 aromatic carbocycles. The largest absolute Gasteiger partial charge is 0.373 e. The molecule has 0 aromatic rings. The number of ether oxygens (including phenoxy) is 1. The molecule has 3 saturated carbocycles. The predicted octanol–water partition coefficient (Wildman–Crippen LogP) is 6.72. The zero-order chi connectivity index (χ0) is 23.1. The van der Waals surface area contributed by atoms with Gasteiger partial charge < -0.3 is 14.9 Å². The zero-order valence-corrected chi connectivity index (χ0v) is 21.5. The van der Waals surface area contributed by atoms with Gasteiger partial charge in [0.25, 0.3) is 0 Å². The standard InChI is InChI=1S/C29H50O3/c1-19(2)7-6-8-20(3)24-11-12-25-23-10-9-21-17-22(32-18-27(30)31)13-15-28(21,4)26(23)14-16-29(24,25)5/h9,19-20,22-27,30-31H,6-8,10-18H2,1-5H3/t20-,22?,23?,24-,25?,26?,28+,29-/m1/s1. The Morgan fingerprint density at radius 2 is 1.78 bits per heavy atom. The van der Waals surface area contributed by atoms with Crippen molar-refractivity contribution in [2.24, 2.45) is 46.3 Å². The van der Waals surface area contributed by atoms with Crippen LogP contribution in [0.2, 0.25) is 0 Å². The number of hydrogen-bond acceptors (Lipinski definition) is 3. The van der Waals surface area contributed by atoms with E-state index in [4.69, 9.17) is 4.74 Å². The van der Waals surface area contributed by atoms with Gasteiger partial charge in [0.15, 0.2) is 6.29 Å². The van der Waals surface area contributed by atoms with Gasteiger partial charge in [0.2, 0.25) is 0 Å². The van der Waals surface area contributed by atoms with E-state index in [2.05, 4.69) is 40.7 Å². The summed E-state index contributed by atoms with van der Waals surface area (Å²) in [5.74, 6) is 5.24. The number of hydrogen-bond donors (Lipinski definition) is 2. The highest BCUT2D eigenvalue weighted by molar-refractivity contribution is 5.25. The second-order valence-corrected chi connectivity index (χ2v) is 13.0. The van der Waals surface area contributed by atoms with Crippen LogP contribution in [0.4, 0.5) is 0 Å². The van der Waals surface area contributed by atoms with Gasteiger partial charge in [-0.25, -0.2) is 0 Å². The van der Waals surface area contributed by atoms with Crippen molar-refractivity contribution in [1.29, 1.82) is 0 Å². The van der Waals surface area contributed by atoms with E-state index in [0.29, 0.717) is 10.8 Å². The fourth-order valence-electron chi connectivity index (χ4n) is 9.02. The first kappa shape index (κ1) is 24.7. The molecule has 0 aliphatic heterocycles. The maximum absolute atomic E-state index is 9.18. The fourth-order valence-corrected chi connectivity index (χ4v) is 9.02. The van der Waals surface area contributed by atoms with Crippen LogP contribution in [0.15, 0.2) is 11.6 Å². The summed E-state index contributed by atoms with van der Waals surface area (Å²) in [5.41, 5.74) is 2.50. The van der Waals surface area contributed by atoms with Crippen molar-refractivity contribution in [3.8, 4) is 0 Å². The lowest BCUT2D eigenvalue weighted by atomic mass is 9.47. The minimum atomic E-state index is -1.35. The molecule has 3 fully saturated rings. The van der Waals surface area contributed by atoms with Crippen molar-refractivity contribution in [3.05, 3.63) is 11.6 Å². The fraction of sp³-hybridized carbons (Fsp3) is 0.931. The molecule has 0 bridgehead atoms. The number of allylic oxidation sites excluding steroid dienone is 1. The molecule has 4 rings (SSSR count). The molecule has 3 nitrogen and oxygen atoms in total. The molecule has 32 heavy (non-hydrogen) atoms. The molecule has 4 aliphatic carbocycles. The van der Waals surface area contributed by atoms with Crippen LogP contribution in [0.1, 0.15) is 105 Å². The van der Waals surface area contributed by atoms with Gasteiger partial charge in [0.1, 0.15) is 0 Å². The number of fused-ring (bicyclic) bond motifs is 5. The van der Waals surface area contributed by atoms with E-state index in [1.807, 2.05) is 0 Å². The third-order valence-corrected chi connectivity index (χ3v) is 10.7. The SMILES string of the molecule is CC(C)CCC[C@@H](C)[C@H]1CCC2C3CC=C4CC(OCC(O)O)CC[C@]4(C)C3CC[C@@]21C. The Bertz CT molecular complexity index is 669. The van der Waals surface area contributed by atoms with Gasteiger partial charge in [-0.15, -0.1) is 0 Å². The second kappa shape index (κ2) is 9.70. The third kappa shape index (κ3) is 4.60. The molecule has 2 N–H and O–H groups in total. The number of aliphatic hydroxyl groups excluding tert-OH is 1. The van der Waals surface area contributed by atoms with Crippen LogP contribution in [0.5, 0.6) is 0 Å². The second-order valence-electron chi connectivity index (χ2n) is 13.0. The van der Waals surface area contributed by atoms with Crippen molar-refractivity contribution in [3.63, 3.8) is 0 Å². The molecule has 0 amide bonds. The van der Waals surface area contributed by atoms with Crippen LogP contribution in [0.3, 0.4) is 0 Å². The highest BCUT2D eigenvalue weighted by Gasteiger charge is 2.59. The molecule has 0 radical (unpaired) electrons. The summed E-state index contributed by atoms with van der Waals surface area (Å²) < 4.78 is 5.81. The van der Waals surface area contributed by atoms with Crippen molar-refractivity contribution < 1.29 is 14.9 Å². The highest BCUT2D eigenvalue weighted by atomic mass is 16.5. The quantitative estimate of drug-likeness (QED) is 0.321. The van der Waals surface area contributed by atoms with Crippen LogP contribution in [-0.2, 0) is 4.74 Å². The van der Waals surface area contributed by atoms with Crippen molar-refractivity contribution >= 4 is 0 Å².